The van der Waals surface area contributed by atoms with Gasteiger partial charge >= 0.3 is 0 Å². The van der Waals surface area contributed by atoms with Crippen molar-refractivity contribution in [2.24, 2.45) is 0 Å². The van der Waals surface area contributed by atoms with Gasteiger partial charge in [0.1, 0.15) is 0 Å². The van der Waals surface area contributed by atoms with Gasteiger partial charge in [-0.05, 0) is 60.6 Å². The molecule has 106 valence electrons. The second-order valence-corrected chi connectivity index (χ2v) is 6.50. The Labute approximate surface area is 133 Å². The standard InChI is InChI=1S/C18H15ClOS/c19-16-8-6-13(7-9-16)11-14-3-1-4-15(18(14)20)12-17-5-2-10-21-17/h2,5-12H,1,3-4H2/b14-11+,15-12+. The highest BCUT2D eigenvalue weighted by Gasteiger charge is 2.20. The summed E-state index contributed by atoms with van der Waals surface area (Å²) in [5, 5.41) is 2.75. The minimum absolute atomic E-state index is 0.185. The molecule has 1 saturated carbocycles. The van der Waals surface area contributed by atoms with Gasteiger partial charge in [-0.2, -0.15) is 0 Å². The van der Waals surface area contributed by atoms with E-state index in [0.29, 0.717) is 5.02 Å². The number of hydrogen-bond donors (Lipinski definition) is 0. The van der Waals surface area contributed by atoms with E-state index >= 15 is 0 Å². The van der Waals surface area contributed by atoms with Crippen molar-refractivity contribution in [2.45, 2.75) is 19.3 Å². The average molecular weight is 315 g/mol. The number of benzene rings is 1. The molecular formula is C18H15ClOS. The Balaban J connectivity index is 1.86. The summed E-state index contributed by atoms with van der Waals surface area (Å²) >= 11 is 7.55. The van der Waals surface area contributed by atoms with Gasteiger partial charge in [-0.15, -0.1) is 11.3 Å². The van der Waals surface area contributed by atoms with E-state index in [1.807, 2.05) is 53.9 Å². The normalized spacial score (nSPS) is 19.4. The van der Waals surface area contributed by atoms with Crippen molar-refractivity contribution in [1.29, 1.82) is 0 Å². The lowest BCUT2D eigenvalue weighted by Gasteiger charge is -2.16. The monoisotopic (exact) mass is 314 g/mol. The molecule has 0 bridgehead atoms. The molecule has 1 aliphatic carbocycles. The summed E-state index contributed by atoms with van der Waals surface area (Å²) < 4.78 is 0. The van der Waals surface area contributed by atoms with Crippen LogP contribution in [0.4, 0.5) is 0 Å². The molecule has 3 rings (SSSR count). The molecule has 0 spiro atoms. The smallest absolute Gasteiger partial charge is 0.185 e. The van der Waals surface area contributed by atoms with Crippen molar-refractivity contribution < 1.29 is 4.79 Å². The molecule has 1 aromatic heterocycles. The highest BCUT2D eigenvalue weighted by atomic mass is 35.5. The van der Waals surface area contributed by atoms with Crippen molar-refractivity contribution in [2.75, 3.05) is 0 Å². The molecule has 0 saturated heterocycles. The second kappa shape index (κ2) is 6.42. The van der Waals surface area contributed by atoms with E-state index in [2.05, 4.69) is 0 Å². The maximum atomic E-state index is 12.6. The summed E-state index contributed by atoms with van der Waals surface area (Å²) in [6, 6.07) is 11.6. The van der Waals surface area contributed by atoms with E-state index in [9.17, 15) is 4.79 Å². The Bertz CT molecular complexity index is 693. The van der Waals surface area contributed by atoms with Crippen LogP contribution in [-0.4, -0.2) is 5.78 Å². The first-order valence-corrected chi connectivity index (χ1v) is 8.23. The third-order valence-corrected chi connectivity index (χ3v) is 4.62. The molecule has 1 fully saturated rings. The average Bonchev–Trinajstić information content (AvgIpc) is 2.99. The highest BCUT2D eigenvalue weighted by molar-refractivity contribution is 7.10. The lowest BCUT2D eigenvalue weighted by atomic mass is 9.87. The van der Waals surface area contributed by atoms with Crippen molar-refractivity contribution in [1.82, 2.24) is 0 Å². The van der Waals surface area contributed by atoms with Crippen molar-refractivity contribution in [3.63, 3.8) is 0 Å². The molecule has 21 heavy (non-hydrogen) atoms. The fraction of sp³-hybridized carbons (Fsp3) is 0.167. The van der Waals surface area contributed by atoms with Crippen LogP contribution in [0.15, 0.2) is 52.9 Å². The zero-order chi connectivity index (χ0) is 14.7. The third kappa shape index (κ3) is 3.52. The first-order chi connectivity index (χ1) is 10.2. The Morgan fingerprint density at radius 2 is 1.71 bits per heavy atom. The van der Waals surface area contributed by atoms with Crippen LogP contribution >= 0.6 is 22.9 Å². The van der Waals surface area contributed by atoms with Gasteiger partial charge in [0.25, 0.3) is 0 Å². The highest BCUT2D eigenvalue weighted by Crippen LogP contribution is 2.29. The molecule has 0 unspecified atom stereocenters. The lowest BCUT2D eigenvalue weighted by molar-refractivity contribution is -0.112. The van der Waals surface area contributed by atoms with Crippen LogP contribution in [0.3, 0.4) is 0 Å². The van der Waals surface area contributed by atoms with E-state index < -0.39 is 0 Å². The fourth-order valence-corrected chi connectivity index (χ4v) is 3.29. The van der Waals surface area contributed by atoms with Crippen LogP contribution in [-0.2, 0) is 4.79 Å². The van der Waals surface area contributed by atoms with Crippen LogP contribution in [0, 0.1) is 0 Å². The van der Waals surface area contributed by atoms with Gasteiger partial charge in [-0.3, -0.25) is 4.79 Å². The van der Waals surface area contributed by atoms with Gasteiger partial charge in [0.05, 0.1) is 0 Å². The van der Waals surface area contributed by atoms with Gasteiger partial charge in [-0.25, -0.2) is 0 Å². The minimum atomic E-state index is 0.185. The first-order valence-electron chi connectivity index (χ1n) is 6.97. The number of ketones is 1. The summed E-state index contributed by atoms with van der Waals surface area (Å²) in [7, 11) is 0. The van der Waals surface area contributed by atoms with Crippen LogP contribution in [0.25, 0.3) is 12.2 Å². The Morgan fingerprint density at radius 3 is 2.38 bits per heavy atom. The molecule has 0 aliphatic heterocycles. The molecule has 0 N–H and O–H groups in total. The molecule has 0 atom stereocenters. The number of rotatable bonds is 2. The molecule has 1 aliphatic rings. The maximum absolute atomic E-state index is 12.6. The van der Waals surface area contributed by atoms with Crippen molar-refractivity contribution in [3.8, 4) is 0 Å². The van der Waals surface area contributed by atoms with E-state index in [1.165, 1.54) is 0 Å². The van der Waals surface area contributed by atoms with Gasteiger partial charge in [0, 0.05) is 21.0 Å². The number of allylic oxidation sites excluding steroid dienone is 2. The van der Waals surface area contributed by atoms with E-state index in [1.54, 1.807) is 11.3 Å². The number of Topliss-reactive ketones (excluding diaryl/α,β-unsaturated/α-hetero) is 1. The quantitative estimate of drug-likeness (QED) is 0.657. The molecule has 0 amide bonds. The van der Waals surface area contributed by atoms with Crippen LogP contribution in [0.2, 0.25) is 5.02 Å². The number of halogens is 1. The summed E-state index contributed by atoms with van der Waals surface area (Å²) in [6.07, 6.45) is 6.77. The summed E-state index contributed by atoms with van der Waals surface area (Å²) in [4.78, 5) is 13.7. The molecule has 2 aromatic rings. The van der Waals surface area contributed by atoms with E-state index in [-0.39, 0.29) is 5.78 Å². The molecule has 3 heteroatoms. The molecule has 0 radical (unpaired) electrons. The molecular weight excluding hydrogens is 300 g/mol. The number of carbonyl (C=O) groups is 1. The SMILES string of the molecule is O=C1/C(=C/c2ccc(Cl)cc2)CCC/C1=C\c1cccs1. The van der Waals surface area contributed by atoms with Crippen molar-refractivity contribution in [3.05, 3.63) is 68.4 Å². The number of hydrogen-bond acceptors (Lipinski definition) is 2. The summed E-state index contributed by atoms with van der Waals surface area (Å²) in [5.74, 6) is 0.185. The van der Waals surface area contributed by atoms with E-state index in [4.69, 9.17) is 11.6 Å². The van der Waals surface area contributed by atoms with Gasteiger partial charge < -0.3 is 0 Å². The largest absolute Gasteiger partial charge is 0.289 e. The summed E-state index contributed by atoms with van der Waals surface area (Å²) in [6.45, 7) is 0. The van der Waals surface area contributed by atoms with Crippen molar-refractivity contribution >= 4 is 40.9 Å². The maximum Gasteiger partial charge on any atom is 0.185 e. The number of thiophene rings is 1. The molecule has 1 aromatic carbocycles. The van der Waals surface area contributed by atoms with Crippen LogP contribution < -0.4 is 0 Å². The zero-order valence-electron chi connectivity index (χ0n) is 11.5. The Morgan fingerprint density at radius 1 is 1.00 bits per heavy atom. The Kier molecular flexibility index (Phi) is 4.37. The predicted molar refractivity (Wildman–Crippen MR) is 90.6 cm³/mol. The molecule has 1 nitrogen and oxygen atoms in total. The third-order valence-electron chi connectivity index (χ3n) is 3.55. The van der Waals surface area contributed by atoms with Gasteiger partial charge in [0.2, 0.25) is 0 Å². The first kappa shape index (κ1) is 14.3. The minimum Gasteiger partial charge on any atom is -0.289 e. The van der Waals surface area contributed by atoms with E-state index in [0.717, 1.165) is 40.8 Å². The molecule has 1 heterocycles. The number of carbonyl (C=O) groups excluding carboxylic acids is 1. The fourth-order valence-electron chi connectivity index (χ4n) is 2.48. The van der Waals surface area contributed by atoms with Crippen LogP contribution in [0.5, 0.6) is 0 Å². The topological polar surface area (TPSA) is 17.1 Å². The lowest BCUT2D eigenvalue weighted by Crippen LogP contribution is -2.12. The van der Waals surface area contributed by atoms with Gasteiger partial charge in [0.15, 0.2) is 5.78 Å². The predicted octanol–water partition coefficient (Wildman–Crippen LogP) is 5.62. The van der Waals surface area contributed by atoms with Crippen LogP contribution in [0.1, 0.15) is 29.7 Å². The second-order valence-electron chi connectivity index (χ2n) is 5.09. The summed E-state index contributed by atoms with van der Waals surface area (Å²) in [5.41, 5.74) is 2.84. The zero-order valence-corrected chi connectivity index (χ0v) is 13.1. The Hall–Kier alpha value is -1.64. The van der Waals surface area contributed by atoms with Gasteiger partial charge in [-0.1, -0.05) is 29.8 Å².